The summed E-state index contributed by atoms with van der Waals surface area (Å²) in [5.41, 5.74) is 6.17. The Morgan fingerprint density at radius 1 is 0.863 bits per heavy atom. The molecule has 5 unspecified atom stereocenters. The Morgan fingerprint density at radius 2 is 1.69 bits per heavy atom. The van der Waals surface area contributed by atoms with Gasteiger partial charge in [-0.15, -0.1) is 0 Å². The van der Waals surface area contributed by atoms with Crippen molar-refractivity contribution in [2.24, 2.45) is 11.8 Å². The van der Waals surface area contributed by atoms with E-state index in [9.17, 15) is 20.4 Å². The van der Waals surface area contributed by atoms with Crippen LogP contribution in [0.5, 0.6) is 34.5 Å². The van der Waals surface area contributed by atoms with Gasteiger partial charge in [0.25, 0.3) is 0 Å². The number of hydrogen-bond donors (Lipinski definition) is 5. The van der Waals surface area contributed by atoms with Crippen molar-refractivity contribution in [3.63, 3.8) is 0 Å². The van der Waals surface area contributed by atoms with E-state index in [0.717, 1.165) is 33.4 Å². The molecule has 0 saturated heterocycles. The van der Waals surface area contributed by atoms with Crippen LogP contribution in [0.25, 0.3) is 11.1 Å². The molecular weight excluding hydrogens is 650 g/mol. The van der Waals surface area contributed by atoms with Gasteiger partial charge >= 0.3 is 0 Å². The van der Waals surface area contributed by atoms with Crippen molar-refractivity contribution in [2.75, 3.05) is 41.6 Å². The highest BCUT2D eigenvalue weighted by Gasteiger charge is 2.47. The summed E-state index contributed by atoms with van der Waals surface area (Å²) in [5.74, 6) is 1.64. The first-order valence-electron chi connectivity index (χ1n) is 17.6. The Labute approximate surface area is 299 Å². The molecule has 6 rings (SSSR count). The van der Waals surface area contributed by atoms with Crippen LogP contribution in [0.4, 0.5) is 0 Å². The highest BCUT2D eigenvalue weighted by molar-refractivity contribution is 5.72. The van der Waals surface area contributed by atoms with E-state index >= 15 is 0 Å². The van der Waals surface area contributed by atoms with Gasteiger partial charge in [0.05, 0.1) is 33.0 Å². The van der Waals surface area contributed by atoms with Crippen molar-refractivity contribution >= 4 is 0 Å². The van der Waals surface area contributed by atoms with Crippen LogP contribution < -0.4 is 24.3 Å². The van der Waals surface area contributed by atoms with E-state index in [1.807, 2.05) is 44.3 Å². The molecule has 10 nitrogen and oxygen atoms in total. The Bertz CT molecular complexity index is 1840. The Hall–Kier alpha value is -4.48. The molecule has 4 aromatic rings. The number of phenolic OH excluding ortho intramolecular Hbond substituents is 2. The molecule has 10 heteroatoms. The number of ether oxygens (including phenoxy) is 5. The normalized spacial score (nSPS) is 20.9. The maximum atomic E-state index is 12.2. The molecule has 0 fully saturated rings. The fourth-order valence-electron chi connectivity index (χ4n) is 7.72. The van der Waals surface area contributed by atoms with Gasteiger partial charge in [0.1, 0.15) is 40.6 Å². The van der Waals surface area contributed by atoms with Crippen molar-refractivity contribution < 1.29 is 44.1 Å². The molecule has 0 bridgehead atoms. The van der Waals surface area contributed by atoms with Crippen LogP contribution in [-0.2, 0) is 24.1 Å². The number of phenols is 2. The summed E-state index contributed by atoms with van der Waals surface area (Å²) in [6, 6.07) is 18.2. The molecule has 2 aliphatic rings. The number of aliphatic hydroxyl groups is 2. The number of aliphatic hydroxyl groups excluding tert-OH is 2. The molecule has 5 N–H and O–H groups in total. The zero-order chi connectivity index (χ0) is 36.2. The smallest absolute Gasteiger partial charge is 0.128 e. The second-order valence-electron chi connectivity index (χ2n) is 13.4. The largest absolute Gasteiger partial charge is 0.508 e. The first kappa shape index (κ1) is 36.3. The summed E-state index contributed by atoms with van der Waals surface area (Å²) in [5, 5.41) is 48.6. The Kier molecular flexibility index (Phi) is 11.3. The van der Waals surface area contributed by atoms with Gasteiger partial charge < -0.3 is 49.4 Å². The third-order valence-electron chi connectivity index (χ3n) is 10.3. The molecule has 51 heavy (non-hydrogen) atoms. The highest BCUT2D eigenvalue weighted by Crippen LogP contribution is 2.52. The summed E-state index contributed by atoms with van der Waals surface area (Å²) in [6.45, 7) is 3.23. The predicted molar refractivity (Wildman–Crippen MR) is 194 cm³/mol. The first-order valence-corrected chi connectivity index (χ1v) is 17.6. The van der Waals surface area contributed by atoms with Crippen molar-refractivity contribution in [3.05, 3.63) is 94.0 Å². The molecule has 5 atom stereocenters. The van der Waals surface area contributed by atoms with E-state index in [1.165, 1.54) is 0 Å². The lowest BCUT2D eigenvalue weighted by Gasteiger charge is -2.45. The van der Waals surface area contributed by atoms with E-state index in [4.69, 9.17) is 23.7 Å². The van der Waals surface area contributed by atoms with E-state index < -0.39 is 30.1 Å². The lowest BCUT2D eigenvalue weighted by atomic mass is 9.72. The number of hydrogen-bond acceptors (Lipinski definition) is 10. The first-order chi connectivity index (χ1) is 24.7. The molecule has 0 amide bonds. The van der Waals surface area contributed by atoms with Gasteiger partial charge in [-0.3, -0.25) is 0 Å². The summed E-state index contributed by atoms with van der Waals surface area (Å²) in [4.78, 5) is 0. The zero-order valence-electron chi connectivity index (χ0n) is 29.9. The van der Waals surface area contributed by atoms with Gasteiger partial charge in [0, 0.05) is 60.8 Å². The number of aromatic hydroxyl groups is 2. The quantitative estimate of drug-likeness (QED) is 0.102. The fourth-order valence-corrected chi connectivity index (χ4v) is 7.72. The van der Waals surface area contributed by atoms with Crippen molar-refractivity contribution in [1.82, 2.24) is 5.32 Å². The number of aryl methyl sites for hydroxylation is 1. The summed E-state index contributed by atoms with van der Waals surface area (Å²) in [6.07, 6.45) is -0.0717. The Morgan fingerprint density at radius 3 is 2.39 bits per heavy atom. The molecule has 2 heterocycles. The molecule has 272 valence electrons. The second kappa shape index (κ2) is 15.8. The second-order valence-corrected chi connectivity index (χ2v) is 13.4. The minimum atomic E-state index is -1.01. The van der Waals surface area contributed by atoms with Crippen LogP contribution in [0.3, 0.4) is 0 Å². The van der Waals surface area contributed by atoms with Crippen LogP contribution in [0.2, 0.25) is 0 Å². The molecule has 0 spiro atoms. The van der Waals surface area contributed by atoms with Gasteiger partial charge in [0.2, 0.25) is 0 Å². The predicted octanol–water partition coefficient (Wildman–Crippen LogP) is 6.23. The standard InChI is InChI=1S/C41H49NO9/c1-6-23-16-30(24-9-7-10-28(43)14-24)25(17-34(23)44)13-26-15-29(48-4)19-32-39(45)33(22-50-41(26)32)38-35(11-8-12-47-3)51-37-18-27(21-42-2)36(49-5)20-31(37)40(38)46/h7,9-10,14-20,33,35,38-40,42-46H,6,8,11-13,21-22H2,1-5H3. The Balaban J connectivity index is 1.39. The topological polar surface area (TPSA) is 139 Å². The monoisotopic (exact) mass is 699 g/mol. The number of benzene rings is 4. The van der Waals surface area contributed by atoms with E-state index in [0.29, 0.717) is 73.0 Å². The molecule has 0 saturated carbocycles. The van der Waals surface area contributed by atoms with Gasteiger partial charge in [0.15, 0.2) is 0 Å². The minimum Gasteiger partial charge on any atom is -0.508 e. The van der Waals surface area contributed by atoms with Crippen LogP contribution in [0, 0.1) is 11.8 Å². The van der Waals surface area contributed by atoms with Gasteiger partial charge in [-0.1, -0.05) is 19.1 Å². The average Bonchev–Trinajstić information content (AvgIpc) is 3.12. The van der Waals surface area contributed by atoms with Crippen LogP contribution in [0.15, 0.2) is 60.7 Å². The van der Waals surface area contributed by atoms with Gasteiger partial charge in [-0.05, 0) is 97.1 Å². The molecule has 0 aromatic heterocycles. The third-order valence-corrected chi connectivity index (χ3v) is 10.3. The van der Waals surface area contributed by atoms with E-state index in [1.54, 1.807) is 51.7 Å². The summed E-state index contributed by atoms with van der Waals surface area (Å²) >= 11 is 0. The van der Waals surface area contributed by atoms with Gasteiger partial charge in [-0.25, -0.2) is 0 Å². The molecule has 4 aromatic carbocycles. The molecule has 2 aliphatic heterocycles. The van der Waals surface area contributed by atoms with Crippen molar-refractivity contribution in [1.29, 1.82) is 0 Å². The minimum absolute atomic E-state index is 0.142. The number of methoxy groups -OCH3 is 3. The lowest BCUT2D eigenvalue weighted by Crippen LogP contribution is -2.46. The van der Waals surface area contributed by atoms with E-state index in [-0.39, 0.29) is 18.1 Å². The van der Waals surface area contributed by atoms with Crippen LogP contribution in [0.1, 0.15) is 65.4 Å². The highest BCUT2D eigenvalue weighted by atomic mass is 16.5. The zero-order valence-corrected chi connectivity index (χ0v) is 29.9. The summed E-state index contributed by atoms with van der Waals surface area (Å²) < 4.78 is 30.0. The number of rotatable bonds is 13. The third kappa shape index (κ3) is 7.32. The van der Waals surface area contributed by atoms with Crippen molar-refractivity contribution in [3.8, 4) is 45.6 Å². The van der Waals surface area contributed by atoms with Crippen LogP contribution >= 0.6 is 0 Å². The maximum absolute atomic E-state index is 12.2. The summed E-state index contributed by atoms with van der Waals surface area (Å²) in [7, 11) is 6.71. The lowest BCUT2D eigenvalue weighted by molar-refractivity contribution is -0.0889. The average molecular weight is 700 g/mol. The molecular formula is C41H49NO9. The van der Waals surface area contributed by atoms with Crippen molar-refractivity contribution in [2.45, 2.75) is 57.5 Å². The number of nitrogens with one attached hydrogen (secondary N) is 1. The maximum Gasteiger partial charge on any atom is 0.128 e. The molecule has 0 radical (unpaired) electrons. The van der Waals surface area contributed by atoms with E-state index in [2.05, 4.69) is 5.32 Å². The SMILES string of the molecule is CCc1cc(-c2cccc(O)c2)c(Cc2cc(OC)cc3c2OCC(C2C(CCCOC)Oc4cc(CNC)c(OC)cc4C2O)C3O)cc1O. The van der Waals surface area contributed by atoms with Crippen LogP contribution in [-0.4, -0.2) is 68.1 Å². The fraction of sp³-hybridized carbons (Fsp3) is 0.415. The molecule has 0 aliphatic carbocycles. The number of fused-ring (bicyclic) bond motifs is 2. The van der Waals surface area contributed by atoms with Gasteiger partial charge in [-0.2, -0.15) is 0 Å².